The van der Waals surface area contributed by atoms with Gasteiger partial charge in [0, 0.05) is 16.6 Å². The highest BCUT2D eigenvalue weighted by atomic mass is 35.5. The number of aromatic nitrogens is 4. The van der Waals surface area contributed by atoms with Gasteiger partial charge in [0.2, 0.25) is 0 Å². The zero-order valence-electron chi connectivity index (χ0n) is 16.2. The Morgan fingerprint density at radius 3 is 2.62 bits per heavy atom. The fraction of sp³-hybridized carbons (Fsp3) is 0.238. The molecule has 29 heavy (non-hydrogen) atoms. The lowest BCUT2D eigenvalue weighted by Gasteiger charge is -2.15. The normalized spacial score (nSPS) is 11.5. The smallest absolute Gasteiger partial charge is 0.262 e. The summed E-state index contributed by atoms with van der Waals surface area (Å²) in [4.78, 5) is 22.1. The molecular formula is C21H19ClN4O2S. The zero-order valence-corrected chi connectivity index (χ0v) is 17.8. The second kappa shape index (κ2) is 8.00. The summed E-state index contributed by atoms with van der Waals surface area (Å²) in [6, 6.07) is 13.0. The van der Waals surface area contributed by atoms with Crippen molar-refractivity contribution in [1.29, 1.82) is 0 Å². The van der Waals surface area contributed by atoms with Crippen molar-refractivity contribution in [2.45, 2.75) is 37.7 Å². The standard InChI is InChI=1S/C21H19ClN4O2S/c1-12(2)26-20(27)16-9-8-15(22)10-17(16)23-21(26)29-11-18-24-19(28-25-18)14-6-4-13(3)5-7-14/h4-10,12H,11H2,1-3H3. The lowest BCUT2D eigenvalue weighted by Crippen LogP contribution is -2.25. The third-order valence-electron chi connectivity index (χ3n) is 4.44. The first-order valence-electron chi connectivity index (χ1n) is 9.16. The van der Waals surface area contributed by atoms with Crippen LogP contribution in [0.15, 0.2) is 56.9 Å². The number of aryl methyl sites for hydroxylation is 1. The molecule has 0 spiro atoms. The molecule has 0 radical (unpaired) electrons. The predicted octanol–water partition coefficient (Wildman–Crippen LogP) is 5.28. The largest absolute Gasteiger partial charge is 0.334 e. The van der Waals surface area contributed by atoms with Crippen molar-refractivity contribution >= 4 is 34.3 Å². The number of hydrogen-bond donors (Lipinski definition) is 0. The summed E-state index contributed by atoms with van der Waals surface area (Å²) in [6.07, 6.45) is 0. The van der Waals surface area contributed by atoms with Crippen LogP contribution < -0.4 is 5.56 Å². The topological polar surface area (TPSA) is 73.8 Å². The molecule has 6 nitrogen and oxygen atoms in total. The van der Waals surface area contributed by atoms with E-state index in [4.69, 9.17) is 16.1 Å². The van der Waals surface area contributed by atoms with E-state index in [0.29, 0.717) is 38.5 Å². The molecule has 2 aromatic carbocycles. The van der Waals surface area contributed by atoms with E-state index in [9.17, 15) is 4.79 Å². The Hall–Kier alpha value is -2.64. The third kappa shape index (κ3) is 4.06. The molecule has 0 aliphatic carbocycles. The maximum absolute atomic E-state index is 12.9. The lowest BCUT2D eigenvalue weighted by atomic mass is 10.1. The van der Waals surface area contributed by atoms with Gasteiger partial charge in [0.25, 0.3) is 11.4 Å². The molecule has 4 aromatic rings. The van der Waals surface area contributed by atoms with Gasteiger partial charge in [-0.15, -0.1) is 0 Å². The van der Waals surface area contributed by atoms with Crippen molar-refractivity contribution in [3.63, 3.8) is 0 Å². The van der Waals surface area contributed by atoms with Gasteiger partial charge in [0.15, 0.2) is 11.0 Å². The van der Waals surface area contributed by atoms with Crippen LogP contribution in [0.5, 0.6) is 0 Å². The fourth-order valence-corrected chi connectivity index (χ4v) is 4.10. The Labute approximate surface area is 176 Å². The maximum atomic E-state index is 12.9. The maximum Gasteiger partial charge on any atom is 0.262 e. The van der Waals surface area contributed by atoms with Crippen LogP contribution in [0.1, 0.15) is 31.3 Å². The quantitative estimate of drug-likeness (QED) is 0.319. The van der Waals surface area contributed by atoms with Crippen molar-refractivity contribution in [1.82, 2.24) is 19.7 Å². The van der Waals surface area contributed by atoms with E-state index in [-0.39, 0.29) is 11.6 Å². The second-order valence-corrected chi connectivity index (χ2v) is 8.37. The molecule has 2 aromatic heterocycles. The summed E-state index contributed by atoms with van der Waals surface area (Å²) in [7, 11) is 0. The molecule has 0 bridgehead atoms. The third-order valence-corrected chi connectivity index (χ3v) is 5.63. The Bertz CT molecular complexity index is 1230. The molecule has 0 N–H and O–H groups in total. The molecule has 0 saturated carbocycles. The van der Waals surface area contributed by atoms with Crippen molar-refractivity contribution in [3.05, 3.63) is 69.2 Å². The number of rotatable bonds is 5. The Kier molecular flexibility index (Phi) is 5.43. The van der Waals surface area contributed by atoms with Crippen molar-refractivity contribution in [3.8, 4) is 11.5 Å². The average Bonchev–Trinajstić information content (AvgIpc) is 3.15. The molecule has 0 amide bonds. The average molecular weight is 427 g/mol. The van der Waals surface area contributed by atoms with E-state index in [0.717, 1.165) is 11.1 Å². The van der Waals surface area contributed by atoms with Gasteiger partial charge in [-0.05, 0) is 51.1 Å². The minimum absolute atomic E-state index is 0.0361. The molecule has 4 rings (SSSR count). The molecule has 2 heterocycles. The van der Waals surface area contributed by atoms with Gasteiger partial charge in [0.05, 0.1) is 16.7 Å². The van der Waals surface area contributed by atoms with E-state index in [1.165, 1.54) is 11.8 Å². The van der Waals surface area contributed by atoms with Crippen molar-refractivity contribution in [2.24, 2.45) is 0 Å². The van der Waals surface area contributed by atoms with E-state index in [1.807, 2.05) is 45.0 Å². The van der Waals surface area contributed by atoms with Crippen LogP contribution in [0, 0.1) is 6.92 Å². The zero-order chi connectivity index (χ0) is 20.5. The number of thioether (sulfide) groups is 1. The van der Waals surface area contributed by atoms with Crippen LogP contribution in [0.2, 0.25) is 5.02 Å². The van der Waals surface area contributed by atoms with Crippen molar-refractivity contribution in [2.75, 3.05) is 0 Å². The minimum atomic E-state index is -0.0855. The molecular weight excluding hydrogens is 408 g/mol. The fourth-order valence-electron chi connectivity index (χ4n) is 2.96. The number of halogens is 1. The molecule has 0 saturated heterocycles. The van der Waals surface area contributed by atoms with Gasteiger partial charge in [-0.25, -0.2) is 4.98 Å². The first-order chi connectivity index (χ1) is 13.9. The summed E-state index contributed by atoms with van der Waals surface area (Å²) in [6.45, 7) is 5.94. The second-order valence-electron chi connectivity index (χ2n) is 7.00. The van der Waals surface area contributed by atoms with Crippen LogP contribution in [0.3, 0.4) is 0 Å². The monoisotopic (exact) mass is 426 g/mol. The van der Waals surface area contributed by atoms with Gasteiger partial charge in [-0.1, -0.05) is 46.2 Å². The van der Waals surface area contributed by atoms with Crippen LogP contribution in [-0.4, -0.2) is 19.7 Å². The summed E-state index contributed by atoms with van der Waals surface area (Å²) in [5.41, 5.74) is 2.53. The van der Waals surface area contributed by atoms with E-state index >= 15 is 0 Å². The van der Waals surface area contributed by atoms with Crippen LogP contribution in [-0.2, 0) is 5.75 Å². The number of hydrogen-bond acceptors (Lipinski definition) is 6. The SMILES string of the molecule is Cc1ccc(-c2nc(CSc3nc4cc(Cl)ccc4c(=O)n3C(C)C)no2)cc1. The highest BCUT2D eigenvalue weighted by molar-refractivity contribution is 7.98. The first kappa shape index (κ1) is 19.7. The molecule has 0 fully saturated rings. The summed E-state index contributed by atoms with van der Waals surface area (Å²) in [5.74, 6) is 1.45. The van der Waals surface area contributed by atoms with E-state index < -0.39 is 0 Å². The van der Waals surface area contributed by atoms with Gasteiger partial charge >= 0.3 is 0 Å². The number of fused-ring (bicyclic) bond motifs is 1. The van der Waals surface area contributed by atoms with Gasteiger partial charge in [-0.3, -0.25) is 9.36 Å². The molecule has 148 valence electrons. The Morgan fingerprint density at radius 2 is 1.90 bits per heavy atom. The van der Waals surface area contributed by atoms with Gasteiger partial charge in [0.1, 0.15) is 0 Å². The molecule has 0 atom stereocenters. The van der Waals surface area contributed by atoms with Gasteiger partial charge < -0.3 is 4.52 Å². The minimum Gasteiger partial charge on any atom is -0.334 e. The van der Waals surface area contributed by atoms with Crippen LogP contribution in [0.25, 0.3) is 22.4 Å². The van der Waals surface area contributed by atoms with E-state index in [2.05, 4.69) is 15.1 Å². The molecule has 8 heteroatoms. The Morgan fingerprint density at radius 1 is 1.14 bits per heavy atom. The summed E-state index contributed by atoms with van der Waals surface area (Å²) < 4.78 is 7.07. The summed E-state index contributed by atoms with van der Waals surface area (Å²) >= 11 is 7.48. The predicted molar refractivity (Wildman–Crippen MR) is 115 cm³/mol. The van der Waals surface area contributed by atoms with Crippen molar-refractivity contribution < 1.29 is 4.52 Å². The highest BCUT2D eigenvalue weighted by Crippen LogP contribution is 2.26. The van der Waals surface area contributed by atoms with E-state index in [1.54, 1.807) is 22.8 Å². The molecule has 0 aliphatic heterocycles. The Balaban J connectivity index is 1.63. The van der Waals surface area contributed by atoms with Crippen LogP contribution >= 0.6 is 23.4 Å². The number of nitrogens with zero attached hydrogens (tertiary/aromatic N) is 4. The molecule has 0 aliphatic rings. The molecule has 0 unspecified atom stereocenters. The van der Waals surface area contributed by atoms with Crippen LogP contribution in [0.4, 0.5) is 0 Å². The lowest BCUT2D eigenvalue weighted by molar-refractivity contribution is 0.425. The van der Waals surface area contributed by atoms with Gasteiger partial charge in [-0.2, -0.15) is 4.98 Å². The first-order valence-corrected chi connectivity index (χ1v) is 10.5. The highest BCUT2D eigenvalue weighted by Gasteiger charge is 2.16. The number of benzene rings is 2. The summed E-state index contributed by atoms with van der Waals surface area (Å²) in [5, 5.41) is 5.75.